The molecule has 22 heavy (non-hydrogen) atoms. The van der Waals surface area contributed by atoms with Crippen LogP contribution in [0.2, 0.25) is 0 Å². The summed E-state index contributed by atoms with van der Waals surface area (Å²) in [6, 6.07) is 5.83. The van der Waals surface area contributed by atoms with E-state index in [-0.39, 0.29) is 17.3 Å². The van der Waals surface area contributed by atoms with Gasteiger partial charge in [0.25, 0.3) is 5.82 Å². The van der Waals surface area contributed by atoms with E-state index in [0.29, 0.717) is 17.9 Å². The van der Waals surface area contributed by atoms with E-state index < -0.39 is 16.0 Å². The summed E-state index contributed by atoms with van der Waals surface area (Å²) in [5.41, 5.74) is 0.576. The molecule has 0 spiro atoms. The summed E-state index contributed by atoms with van der Waals surface area (Å²) >= 11 is 0. The maximum absolute atomic E-state index is 11.7. The Morgan fingerprint density at radius 1 is 1.27 bits per heavy atom. The summed E-state index contributed by atoms with van der Waals surface area (Å²) in [4.78, 5) is 15.8. The van der Waals surface area contributed by atoms with Crippen LogP contribution in [0.3, 0.4) is 0 Å². The molecule has 1 aromatic heterocycles. The maximum atomic E-state index is 11.7. The standard InChI is InChI=1S/C13H16N4O4S/c1-3-11-15-12(13(18)21-4-2)16-17(11)9-5-7-10(8-6-9)22(14,19)20/h5-8H,3-4H2,1-2H3,(H2,14,19,20). The minimum absolute atomic E-state index is 0.0000277. The van der Waals surface area contributed by atoms with E-state index in [1.54, 1.807) is 19.1 Å². The van der Waals surface area contributed by atoms with Crippen LogP contribution in [-0.2, 0) is 21.2 Å². The SMILES string of the molecule is CCOC(=O)c1nc(CC)n(-c2ccc(S(N)(=O)=O)cc2)n1. The van der Waals surface area contributed by atoms with Crippen molar-refractivity contribution in [1.82, 2.24) is 14.8 Å². The highest BCUT2D eigenvalue weighted by molar-refractivity contribution is 7.89. The zero-order valence-corrected chi connectivity index (χ0v) is 13.0. The largest absolute Gasteiger partial charge is 0.460 e. The van der Waals surface area contributed by atoms with Crippen LogP contribution in [0.1, 0.15) is 30.3 Å². The van der Waals surface area contributed by atoms with Crippen molar-refractivity contribution in [1.29, 1.82) is 0 Å². The van der Waals surface area contributed by atoms with Crippen molar-refractivity contribution >= 4 is 16.0 Å². The molecule has 2 N–H and O–H groups in total. The van der Waals surface area contributed by atoms with Gasteiger partial charge in [0.05, 0.1) is 17.2 Å². The lowest BCUT2D eigenvalue weighted by atomic mass is 10.3. The number of carbonyl (C=O) groups excluding carboxylic acids is 1. The Bertz CT molecular complexity index is 781. The fourth-order valence-electron chi connectivity index (χ4n) is 1.84. The molecule has 0 aliphatic heterocycles. The predicted octanol–water partition coefficient (Wildman–Crippen LogP) is 0.654. The molecule has 1 aromatic carbocycles. The molecule has 0 aliphatic rings. The number of aromatic nitrogens is 3. The highest BCUT2D eigenvalue weighted by atomic mass is 32.2. The second-order valence-corrected chi connectivity index (χ2v) is 5.94. The topological polar surface area (TPSA) is 117 Å². The first-order valence-corrected chi connectivity index (χ1v) is 8.17. The fourth-order valence-corrected chi connectivity index (χ4v) is 2.35. The first-order valence-electron chi connectivity index (χ1n) is 6.63. The third kappa shape index (κ3) is 3.31. The summed E-state index contributed by atoms with van der Waals surface area (Å²) in [7, 11) is -3.75. The van der Waals surface area contributed by atoms with Crippen LogP contribution >= 0.6 is 0 Å². The van der Waals surface area contributed by atoms with Crippen LogP contribution in [0.15, 0.2) is 29.2 Å². The van der Waals surface area contributed by atoms with Gasteiger partial charge >= 0.3 is 5.97 Å². The molecule has 0 radical (unpaired) electrons. The van der Waals surface area contributed by atoms with Crippen molar-refractivity contribution in [2.24, 2.45) is 5.14 Å². The predicted molar refractivity (Wildman–Crippen MR) is 78.1 cm³/mol. The normalized spacial score (nSPS) is 11.4. The Morgan fingerprint density at radius 3 is 2.41 bits per heavy atom. The van der Waals surface area contributed by atoms with Gasteiger partial charge in [0.1, 0.15) is 5.82 Å². The number of benzene rings is 1. The Kier molecular flexibility index (Phi) is 4.57. The van der Waals surface area contributed by atoms with Gasteiger partial charge in [0.2, 0.25) is 10.0 Å². The number of ether oxygens (including phenoxy) is 1. The van der Waals surface area contributed by atoms with Crippen LogP contribution in [0.5, 0.6) is 0 Å². The molecule has 9 heteroatoms. The average molecular weight is 324 g/mol. The van der Waals surface area contributed by atoms with E-state index in [4.69, 9.17) is 9.88 Å². The van der Waals surface area contributed by atoms with E-state index >= 15 is 0 Å². The van der Waals surface area contributed by atoms with Crippen LogP contribution < -0.4 is 5.14 Å². The first-order chi connectivity index (χ1) is 10.4. The van der Waals surface area contributed by atoms with E-state index in [2.05, 4.69) is 10.1 Å². The number of primary sulfonamides is 1. The summed E-state index contributed by atoms with van der Waals surface area (Å²) in [5.74, 6) is -0.0715. The van der Waals surface area contributed by atoms with Crippen molar-refractivity contribution < 1.29 is 17.9 Å². The van der Waals surface area contributed by atoms with Gasteiger partial charge in [-0.3, -0.25) is 0 Å². The second kappa shape index (κ2) is 6.24. The molecular formula is C13H16N4O4S. The molecule has 0 fully saturated rings. The lowest BCUT2D eigenvalue weighted by Crippen LogP contribution is -2.12. The third-order valence-electron chi connectivity index (χ3n) is 2.86. The van der Waals surface area contributed by atoms with Gasteiger partial charge < -0.3 is 4.74 Å². The molecule has 0 bridgehead atoms. The minimum Gasteiger partial charge on any atom is -0.460 e. The van der Waals surface area contributed by atoms with E-state index in [1.165, 1.54) is 16.8 Å². The molecule has 0 aliphatic carbocycles. The van der Waals surface area contributed by atoms with Gasteiger partial charge in [-0.15, -0.1) is 5.10 Å². The highest BCUT2D eigenvalue weighted by Crippen LogP contribution is 2.14. The van der Waals surface area contributed by atoms with Crippen molar-refractivity contribution in [2.45, 2.75) is 25.2 Å². The molecule has 0 saturated heterocycles. The summed E-state index contributed by atoms with van der Waals surface area (Å²) in [5, 5.41) is 9.17. The Hall–Kier alpha value is -2.26. The fraction of sp³-hybridized carbons (Fsp3) is 0.308. The summed E-state index contributed by atoms with van der Waals surface area (Å²) < 4.78 is 28.8. The average Bonchev–Trinajstić information content (AvgIpc) is 2.91. The molecule has 2 aromatic rings. The quantitative estimate of drug-likeness (QED) is 0.807. The highest BCUT2D eigenvalue weighted by Gasteiger charge is 2.17. The lowest BCUT2D eigenvalue weighted by molar-refractivity contribution is 0.0512. The van der Waals surface area contributed by atoms with Crippen LogP contribution in [0.25, 0.3) is 5.69 Å². The Labute approximate surface area is 128 Å². The molecule has 0 saturated carbocycles. The molecule has 0 amide bonds. The monoisotopic (exact) mass is 324 g/mol. The minimum atomic E-state index is -3.75. The zero-order chi connectivity index (χ0) is 16.3. The molecule has 0 atom stereocenters. The smallest absolute Gasteiger partial charge is 0.378 e. The number of hydrogen-bond donors (Lipinski definition) is 1. The van der Waals surface area contributed by atoms with Gasteiger partial charge in [0.15, 0.2) is 0 Å². The number of esters is 1. The number of carbonyl (C=O) groups is 1. The molecule has 2 rings (SSSR count). The molecule has 118 valence electrons. The zero-order valence-electron chi connectivity index (χ0n) is 12.2. The third-order valence-corrected chi connectivity index (χ3v) is 3.79. The molecular weight excluding hydrogens is 308 g/mol. The Morgan fingerprint density at radius 2 is 1.91 bits per heavy atom. The van der Waals surface area contributed by atoms with Crippen LogP contribution in [0, 0.1) is 0 Å². The maximum Gasteiger partial charge on any atom is 0.378 e. The summed E-state index contributed by atoms with van der Waals surface area (Å²) in [6.07, 6.45) is 0.545. The lowest BCUT2D eigenvalue weighted by Gasteiger charge is -2.05. The summed E-state index contributed by atoms with van der Waals surface area (Å²) in [6.45, 7) is 3.80. The van der Waals surface area contributed by atoms with Crippen LogP contribution in [0.4, 0.5) is 0 Å². The van der Waals surface area contributed by atoms with Crippen molar-refractivity contribution in [3.05, 3.63) is 35.9 Å². The first kappa shape index (κ1) is 16.1. The molecule has 1 heterocycles. The van der Waals surface area contributed by atoms with Gasteiger partial charge in [-0.2, -0.15) is 0 Å². The van der Waals surface area contributed by atoms with E-state index in [0.717, 1.165) is 0 Å². The van der Waals surface area contributed by atoms with Crippen molar-refractivity contribution in [3.8, 4) is 5.69 Å². The second-order valence-electron chi connectivity index (χ2n) is 4.38. The van der Waals surface area contributed by atoms with Crippen molar-refractivity contribution in [2.75, 3.05) is 6.61 Å². The number of hydrogen-bond acceptors (Lipinski definition) is 6. The Balaban J connectivity index is 2.41. The number of nitrogens with zero attached hydrogens (tertiary/aromatic N) is 3. The molecule has 0 unspecified atom stereocenters. The molecule has 8 nitrogen and oxygen atoms in total. The van der Waals surface area contributed by atoms with Gasteiger partial charge in [-0.25, -0.2) is 28.0 Å². The number of nitrogens with two attached hydrogens (primary N) is 1. The number of aryl methyl sites for hydroxylation is 1. The van der Waals surface area contributed by atoms with E-state index in [9.17, 15) is 13.2 Å². The van der Waals surface area contributed by atoms with Gasteiger partial charge in [-0.05, 0) is 31.2 Å². The van der Waals surface area contributed by atoms with Crippen molar-refractivity contribution in [3.63, 3.8) is 0 Å². The van der Waals surface area contributed by atoms with Crippen LogP contribution in [-0.4, -0.2) is 35.8 Å². The van der Waals surface area contributed by atoms with Gasteiger partial charge in [0, 0.05) is 6.42 Å². The van der Waals surface area contributed by atoms with Gasteiger partial charge in [-0.1, -0.05) is 6.92 Å². The van der Waals surface area contributed by atoms with E-state index in [1.807, 2.05) is 6.92 Å². The number of sulfonamides is 1. The number of rotatable bonds is 5.